The van der Waals surface area contributed by atoms with Gasteiger partial charge in [-0.25, -0.2) is 4.39 Å². The number of hydrogen-bond donors (Lipinski definition) is 0. The quantitative estimate of drug-likeness (QED) is 0.382. The van der Waals surface area contributed by atoms with Crippen molar-refractivity contribution >= 4 is 8.32 Å². The van der Waals surface area contributed by atoms with E-state index >= 15 is 0 Å². The van der Waals surface area contributed by atoms with Crippen molar-refractivity contribution in [3.05, 3.63) is 42.2 Å². The molecule has 0 N–H and O–H groups in total. The molecule has 0 saturated carbocycles. The fourth-order valence-corrected chi connectivity index (χ4v) is 9.84. The van der Waals surface area contributed by atoms with Crippen molar-refractivity contribution in [2.45, 2.75) is 84.5 Å². The molecular formula is C26H39FO3Si. The molecule has 172 valence electrons. The average molecular weight is 447 g/mol. The third kappa shape index (κ3) is 5.62. The van der Waals surface area contributed by atoms with Crippen LogP contribution in [0.25, 0.3) is 11.1 Å². The summed E-state index contributed by atoms with van der Waals surface area (Å²) in [7, 11) is -0.544. The van der Waals surface area contributed by atoms with Crippen molar-refractivity contribution in [2.75, 3.05) is 7.11 Å². The summed E-state index contributed by atoms with van der Waals surface area (Å²) in [6.07, 6.45) is 0. The van der Waals surface area contributed by atoms with E-state index in [0.717, 1.165) is 5.75 Å². The maximum Gasteiger partial charge on any atom is 0.258 e. The van der Waals surface area contributed by atoms with Gasteiger partial charge in [-0.3, -0.25) is 0 Å². The predicted molar refractivity (Wildman–Crippen MR) is 130 cm³/mol. The van der Waals surface area contributed by atoms with Gasteiger partial charge in [-0.05, 0) is 67.7 Å². The molecule has 0 spiro atoms. The smallest absolute Gasteiger partial charge is 0.258 e. The minimum Gasteiger partial charge on any atom is -0.543 e. The number of halogens is 1. The molecule has 0 aromatic heterocycles. The predicted octanol–water partition coefficient (Wildman–Crippen LogP) is 8.23. The van der Waals surface area contributed by atoms with Gasteiger partial charge in [0.05, 0.1) is 7.11 Å². The van der Waals surface area contributed by atoms with Crippen LogP contribution in [0.15, 0.2) is 36.4 Å². The molecule has 0 bridgehead atoms. The van der Waals surface area contributed by atoms with Crippen LogP contribution >= 0.6 is 0 Å². The van der Waals surface area contributed by atoms with Crippen LogP contribution in [0.1, 0.15) is 62.3 Å². The van der Waals surface area contributed by atoms with Crippen molar-refractivity contribution in [3.63, 3.8) is 0 Å². The van der Waals surface area contributed by atoms with E-state index in [1.807, 2.05) is 39.0 Å². The zero-order valence-electron chi connectivity index (χ0n) is 20.8. The molecule has 0 heterocycles. The van der Waals surface area contributed by atoms with Crippen LogP contribution < -0.4 is 13.9 Å². The zero-order valence-corrected chi connectivity index (χ0v) is 21.8. The van der Waals surface area contributed by atoms with E-state index < -0.39 is 13.9 Å². The van der Waals surface area contributed by atoms with Gasteiger partial charge in [0.2, 0.25) is 0 Å². The number of rotatable bonds is 8. The highest BCUT2D eigenvalue weighted by molar-refractivity contribution is 6.78. The monoisotopic (exact) mass is 446 g/mol. The Kier molecular flexibility index (Phi) is 7.85. The van der Waals surface area contributed by atoms with Gasteiger partial charge >= 0.3 is 0 Å². The lowest BCUT2D eigenvalue weighted by molar-refractivity contribution is 0.131. The zero-order chi connectivity index (χ0) is 23.6. The minimum atomic E-state index is -2.12. The Morgan fingerprint density at radius 1 is 0.774 bits per heavy atom. The summed E-state index contributed by atoms with van der Waals surface area (Å²) in [5, 5.41) is 0. The van der Waals surface area contributed by atoms with Gasteiger partial charge in [-0.2, -0.15) is 0 Å². The van der Waals surface area contributed by atoms with Crippen LogP contribution in [0.3, 0.4) is 0 Å². The Labute approximate surface area is 189 Å². The van der Waals surface area contributed by atoms with Gasteiger partial charge in [0, 0.05) is 17.2 Å². The molecule has 0 saturated heterocycles. The van der Waals surface area contributed by atoms with E-state index in [1.165, 1.54) is 6.07 Å². The first-order valence-corrected chi connectivity index (χ1v) is 13.3. The molecule has 0 radical (unpaired) electrons. The molecule has 2 aromatic carbocycles. The van der Waals surface area contributed by atoms with Crippen LogP contribution in [0, 0.1) is 5.82 Å². The second kappa shape index (κ2) is 9.64. The van der Waals surface area contributed by atoms with Crippen molar-refractivity contribution in [3.8, 4) is 28.4 Å². The van der Waals surface area contributed by atoms with Gasteiger partial charge in [-0.1, -0.05) is 41.5 Å². The Hall–Kier alpha value is -2.01. The fraction of sp³-hybridized carbons (Fsp3) is 0.538. The Morgan fingerprint density at radius 2 is 1.32 bits per heavy atom. The number of benzene rings is 2. The maximum absolute atomic E-state index is 14.8. The van der Waals surface area contributed by atoms with Crippen molar-refractivity contribution in [1.82, 2.24) is 0 Å². The first kappa shape index (κ1) is 25.2. The number of hydrogen-bond acceptors (Lipinski definition) is 3. The van der Waals surface area contributed by atoms with Gasteiger partial charge in [0.1, 0.15) is 28.7 Å². The van der Waals surface area contributed by atoms with E-state index in [4.69, 9.17) is 13.9 Å². The summed E-state index contributed by atoms with van der Waals surface area (Å²) in [6.45, 7) is 19.5. The molecule has 0 aliphatic heterocycles. The first-order valence-electron chi connectivity index (χ1n) is 11.2. The summed E-state index contributed by atoms with van der Waals surface area (Å²) in [5.74, 6) is 1.68. The van der Waals surface area contributed by atoms with Gasteiger partial charge in [0.25, 0.3) is 8.32 Å². The van der Waals surface area contributed by atoms with E-state index in [-0.39, 0.29) is 5.82 Å². The van der Waals surface area contributed by atoms with E-state index in [1.54, 1.807) is 19.2 Å². The van der Waals surface area contributed by atoms with Crippen LogP contribution in [0.5, 0.6) is 17.2 Å². The lowest BCUT2D eigenvalue weighted by atomic mass is 10.0. The Bertz CT molecular complexity index is 863. The van der Waals surface area contributed by atoms with Gasteiger partial charge in [-0.15, -0.1) is 0 Å². The van der Waals surface area contributed by atoms with Crippen molar-refractivity contribution in [2.24, 2.45) is 0 Å². The molecule has 3 nitrogen and oxygen atoms in total. The molecular weight excluding hydrogens is 407 g/mol. The third-order valence-corrected chi connectivity index (χ3v) is 11.8. The van der Waals surface area contributed by atoms with E-state index in [9.17, 15) is 4.39 Å². The van der Waals surface area contributed by atoms with E-state index in [0.29, 0.717) is 39.2 Å². The molecule has 5 heteroatoms. The van der Waals surface area contributed by atoms with Crippen LogP contribution in [0.4, 0.5) is 4.39 Å². The summed E-state index contributed by atoms with van der Waals surface area (Å²) >= 11 is 0. The highest BCUT2D eigenvalue weighted by Crippen LogP contribution is 2.45. The summed E-state index contributed by atoms with van der Waals surface area (Å²) in [5.41, 5.74) is 2.06. The highest BCUT2D eigenvalue weighted by Gasteiger charge is 2.47. The molecule has 0 atom stereocenters. The topological polar surface area (TPSA) is 27.7 Å². The summed E-state index contributed by atoms with van der Waals surface area (Å²) in [4.78, 5) is 0. The number of methoxy groups -OCH3 is 1. The molecule has 0 unspecified atom stereocenters. The average Bonchev–Trinajstić information content (AvgIpc) is 2.65. The SMILES string of the molecule is COc1ccc(F)c(-c2ccc(O[Si](C(C)C)(C(C)C)C(C)C)cc2OC(C)(C)C)c1. The lowest BCUT2D eigenvalue weighted by Crippen LogP contribution is -2.50. The molecule has 31 heavy (non-hydrogen) atoms. The Morgan fingerprint density at radius 3 is 1.81 bits per heavy atom. The molecule has 0 aliphatic carbocycles. The van der Waals surface area contributed by atoms with Crippen molar-refractivity contribution in [1.29, 1.82) is 0 Å². The second-order valence-electron chi connectivity index (χ2n) is 10.1. The van der Waals surface area contributed by atoms with Crippen molar-refractivity contribution < 1.29 is 18.3 Å². The largest absolute Gasteiger partial charge is 0.543 e. The lowest BCUT2D eigenvalue weighted by Gasteiger charge is -2.42. The molecule has 0 fully saturated rings. The molecule has 2 aromatic rings. The van der Waals surface area contributed by atoms with Crippen LogP contribution in [-0.4, -0.2) is 21.0 Å². The van der Waals surface area contributed by atoms with Crippen LogP contribution in [-0.2, 0) is 0 Å². The van der Waals surface area contributed by atoms with E-state index in [2.05, 4.69) is 41.5 Å². The normalized spacial score (nSPS) is 12.6. The second-order valence-corrected chi connectivity index (χ2v) is 15.5. The van der Waals surface area contributed by atoms with Crippen LogP contribution in [0.2, 0.25) is 16.6 Å². The minimum absolute atomic E-state index is 0.316. The number of ether oxygens (including phenoxy) is 2. The van der Waals surface area contributed by atoms with Gasteiger partial charge < -0.3 is 13.9 Å². The fourth-order valence-electron chi connectivity index (χ4n) is 4.60. The van der Waals surface area contributed by atoms with Gasteiger partial charge in [0.15, 0.2) is 0 Å². The summed E-state index contributed by atoms with van der Waals surface area (Å²) in [6, 6.07) is 10.5. The molecule has 0 amide bonds. The molecule has 0 aliphatic rings. The standard InChI is InChI=1S/C26H39FO3Si/c1-17(2)31(18(3)4,19(5)6)30-21-11-13-22(25(16-21)29-26(7,8)9)23-15-20(28-10)12-14-24(23)27/h11-19H,1-10H3. The Balaban J connectivity index is 2.63. The first-order chi connectivity index (χ1) is 14.3. The summed E-state index contributed by atoms with van der Waals surface area (Å²) < 4.78 is 33.2. The maximum atomic E-state index is 14.8. The molecule has 2 rings (SSSR count). The highest BCUT2D eigenvalue weighted by atomic mass is 28.4. The third-order valence-electron chi connectivity index (χ3n) is 5.83.